The minimum Gasteiger partial charge on any atom is -0.409 e. The van der Waals surface area contributed by atoms with Crippen molar-refractivity contribution in [1.82, 2.24) is 9.88 Å². The Morgan fingerprint density at radius 2 is 2.25 bits per heavy atom. The number of fused-ring (bicyclic) bond motifs is 1. The van der Waals surface area contributed by atoms with E-state index in [0.717, 1.165) is 25.5 Å². The van der Waals surface area contributed by atoms with Crippen LogP contribution in [0.1, 0.15) is 24.8 Å². The SMILES string of the molecule is N/C(=N/O)c1ccnc(N2CCN3CCCCC3C2)c1. The molecule has 6 heteroatoms. The first kappa shape index (κ1) is 13.2. The second kappa shape index (κ2) is 5.66. The molecule has 1 atom stereocenters. The van der Waals surface area contributed by atoms with E-state index in [1.807, 2.05) is 6.07 Å². The van der Waals surface area contributed by atoms with Crippen LogP contribution < -0.4 is 10.6 Å². The maximum absolute atomic E-state index is 8.77. The number of rotatable bonds is 2. The number of piperazine rings is 1. The Labute approximate surface area is 118 Å². The van der Waals surface area contributed by atoms with E-state index in [1.54, 1.807) is 12.3 Å². The summed E-state index contributed by atoms with van der Waals surface area (Å²) in [7, 11) is 0. The van der Waals surface area contributed by atoms with E-state index in [0.29, 0.717) is 11.6 Å². The van der Waals surface area contributed by atoms with Crippen LogP contribution in [0.5, 0.6) is 0 Å². The molecule has 0 aliphatic carbocycles. The third-order valence-corrected chi connectivity index (χ3v) is 4.31. The van der Waals surface area contributed by atoms with Crippen molar-refractivity contribution in [1.29, 1.82) is 0 Å². The highest BCUT2D eigenvalue weighted by atomic mass is 16.4. The van der Waals surface area contributed by atoms with Crippen LogP contribution in [-0.4, -0.2) is 53.1 Å². The van der Waals surface area contributed by atoms with E-state index in [-0.39, 0.29) is 5.84 Å². The molecule has 1 aromatic rings. The number of oxime groups is 1. The van der Waals surface area contributed by atoms with Crippen molar-refractivity contribution in [2.24, 2.45) is 10.9 Å². The number of hydrogen-bond donors (Lipinski definition) is 2. The quantitative estimate of drug-likeness (QED) is 0.362. The molecule has 0 saturated carbocycles. The summed E-state index contributed by atoms with van der Waals surface area (Å²) in [5, 5.41) is 11.8. The van der Waals surface area contributed by atoms with Gasteiger partial charge in [-0.25, -0.2) is 4.98 Å². The molecular formula is C14H21N5O. The van der Waals surface area contributed by atoms with Crippen molar-refractivity contribution in [2.75, 3.05) is 31.1 Å². The number of hydrogen-bond acceptors (Lipinski definition) is 5. The van der Waals surface area contributed by atoms with Crippen LogP contribution in [0, 0.1) is 0 Å². The molecule has 2 aliphatic heterocycles. The van der Waals surface area contributed by atoms with Crippen molar-refractivity contribution >= 4 is 11.7 Å². The number of aromatic nitrogens is 1. The number of pyridine rings is 1. The molecule has 1 unspecified atom stereocenters. The molecule has 0 radical (unpaired) electrons. The molecule has 0 bridgehead atoms. The largest absolute Gasteiger partial charge is 0.409 e. The molecular weight excluding hydrogens is 254 g/mol. The summed E-state index contributed by atoms with van der Waals surface area (Å²) in [6.07, 6.45) is 5.65. The first-order valence-corrected chi connectivity index (χ1v) is 7.21. The molecule has 3 heterocycles. The van der Waals surface area contributed by atoms with Gasteiger partial charge in [-0.15, -0.1) is 0 Å². The van der Waals surface area contributed by atoms with E-state index in [2.05, 4.69) is 19.9 Å². The minimum atomic E-state index is 0.130. The van der Waals surface area contributed by atoms with Crippen LogP contribution >= 0.6 is 0 Å². The van der Waals surface area contributed by atoms with E-state index in [1.165, 1.54) is 25.8 Å². The number of anilines is 1. The molecule has 0 amide bonds. The van der Waals surface area contributed by atoms with Gasteiger partial charge in [0.05, 0.1) is 0 Å². The van der Waals surface area contributed by atoms with Gasteiger partial charge in [-0.1, -0.05) is 11.6 Å². The lowest BCUT2D eigenvalue weighted by molar-refractivity contribution is 0.133. The average Bonchev–Trinajstić information content (AvgIpc) is 2.53. The van der Waals surface area contributed by atoms with Crippen LogP contribution in [-0.2, 0) is 0 Å². The molecule has 0 spiro atoms. The van der Waals surface area contributed by atoms with Gasteiger partial charge in [-0.2, -0.15) is 0 Å². The average molecular weight is 275 g/mol. The molecule has 2 aliphatic rings. The van der Waals surface area contributed by atoms with Gasteiger partial charge in [0.15, 0.2) is 5.84 Å². The smallest absolute Gasteiger partial charge is 0.170 e. The molecule has 108 valence electrons. The predicted octanol–water partition coefficient (Wildman–Crippen LogP) is 0.851. The van der Waals surface area contributed by atoms with E-state index < -0.39 is 0 Å². The van der Waals surface area contributed by atoms with Gasteiger partial charge in [0, 0.05) is 37.4 Å². The summed E-state index contributed by atoms with van der Waals surface area (Å²) >= 11 is 0. The maximum atomic E-state index is 8.77. The van der Waals surface area contributed by atoms with Gasteiger partial charge in [0.2, 0.25) is 0 Å². The van der Waals surface area contributed by atoms with Crippen LogP contribution in [0.2, 0.25) is 0 Å². The Hall–Kier alpha value is -1.82. The minimum absolute atomic E-state index is 0.130. The lowest BCUT2D eigenvalue weighted by atomic mass is 9.99. The maximum Gasteiger partial charge on any atom is 0.170 e. The summed E-state index contributed by atoms with van der Waals surface area (Å²) in [5.41, 5.74) is 6.36. The van der Waals surface area contributed by atoms with Gasteiger partial charge in [0.25, 0.3) is 0 Å². The van der Waals surface area contributed by atoms with Gasteiger partial charge < -0.3 is 15.8 Å². The molecule has 2 saturated heterocycles. The normalized spacial score (nSPS) is 24.5. The second-order valence-electron chi connectivity index (χ2n) is 5.52. The summed E-state index contributed by atoms with van der Waals surface area (Å²) in [6.45, 7) is 4.34. The van der Waals surface area contributed by atoms with Gasteiger partial charge in [0.1, 0.15) is 5.82 Å². The monoisotopic (exact) mass is 275 g/mol. The fraction of sp³-hybridized carbons (Fsp3) is 0.571. The highest BCUT2D eigenvalue weighted by Gasteiger charge is 2.29. The van der Waals surface area contributed by atoms with Gasteiger partial charge in [-0.3, -0.25) is 4.90 Å². The van der Waals surface area contributed by atoms with Gasteiger partial charge >= 0.3 is 0 Å². The predicted molar refractivity (Wildman–Crippen MR) is 78.2 cm³/mol. The van der Waals surface area contributed by atoms with Crippen molar-refractivity contribution in [2.45, 2.75) is 25.3 Å². The summed E-state index contributed by atoms with van der Waals surface area (Å²) in [6, 6.07) is 4.30. The zero-order valence-electron chi connectivity index (χ0n) is 11.6. The third-order valence-electron chi connectivity index (χ3n) is 4.31. The topological polar surface area (TPSA) is 78.0 Å². The Morgan fingerprint density at radius 1 is 1.35 bits per heavy atom. The Kier molecular flexibility index (Phi) is 3.73. The van der Waals surface area contributed by atoms with Crippen molar-refractivity contribution in [3.8, 4) is 0 Å². The number of nitrogens with zero attached hydrogens (tertiary/aromatic N) is 4. The molecule has 3 N–H and O–H groups in total. The first-order valence-electron chi connectivity index (χ1n) is 7.21. The molecule has 6 nitrogen and oxygen atoms in total. The van der Waals surface area contributed by atoms with E-state index >= 15 is 0 Å². The molecule has 2 fully saturated rings. The third kappa shape index (κ3) is 2.56. The number of piperidine rings is 1. The fourth-order valence-corrected chi connectivity index (χ4v) is 3.17. The van der Waals surface area contributed by atoms with Crippen molar-refractivity contribution < 1.29 is 5.21 Å². The Morgan fingerprint density at radius 3 is 3.10 bits per heavy atom. The lowest BCUT2D eigenvalue weighted by Crippen LogP contribution is -2.55. The molecule has 1 aromatic heterocycles. The van der Waals surface area contributed by atoms with E-state index in [9.17, 15) is 0 Å². The molecule has 3 rings (SSSR count). The molecule has 0 aromatic carbocycles. The highest BCUT2D eigenvalue weighted by molar-refractivity contribution is 5.97. The number of nitrogens with two attached hydrogens (primary N) is 1. The van der Waals surface area contributed by atoms with Gasteiger partial charge in [-0.05, 0) is 31.5 Å². The highest BCUT2D eigenvalue weighted by Crippen LogP contribution is 2.24. The second-order valence-corrected chi connectivity index (χ2v) is 5.52. The summed E-state index contributed by atoms with van der Waals surface area (Å²) in [5.74, 6) is 1.05. The summed E-state index contributed by atoms with van der Waals surface area (Å²) < 4.78 is 0. The molecule has 20 heavy (non-hydrogen) atoms. The first-order chi connectivity index (χ1) is 9.78. The summed E-state index contributed by atoms with van der Waals surface area (Å²) in [4.78, 5) is 9.33. The van der Waals surface area contributed by atoms with Crippen LogP contribution in [0.15, 0.2) is 23.5 Å². The zero-order chi connectivity index (χ0) is 13.9. The fourth-order valence-electron chi connectivity index (χ4n) is 3.17. The lowest BCUT2D eigenvalue weighted by Gasteiger charge is -2.44. The Bertz CT molecular complexity index is 504. The van der Waals surface area contributed by atoms with Crippen molar-refractivity contribution in [3.05, 3.63) is 23.9 Å². The van der Waals surface area contributed by atoms with Crippen LogP contribution in [0.3, 0.4) is 0 Å². The van der Waals surface area contributed by atoms with Crippen molar-refractivity contribution in [3.63, 3.8) is 0 Å². The van der Waals surface area contributed by atoms with E-state index in [4.69, 9.17) is 10.9 Å². The number of amidine groups is 1. The standard InChI is InChI=1S/C14H21N5O/c15-14(17-20)11-4-5-16-13(9-11)19-8-7-18-6-2-1-3-12(18)10-19/h4-5,9,12,20H,1-3,6-8,10H2,(H2,15,17). The Balaban J connectivity index is 1.76. The van der Waals surface area contributed by atoms with Crippen LogP contribution in [0.4, 0.5) is 5.82 Å². The van der Waals surface area contributed by atoms with Crippen LogP contribution in [0.25, 0.3) is 0 Å². The zero-order valence-corrected chi connectivity index (χ0v) is 11.6.